The Morgan fingerprint density at radius 2 is 2.20 bits per heavy atom. The Balaban J connectivity index is 1.98. The Morgan fingerprint density at radius 1 is 1.40 bits per heavy atom. The summed E-state index contributed by atoms with van der Waals surface area (Å²) < 4.78 is 0. The molecule has 3 rings (SSSR count). The van der Waals surface area contributed by atoms with Gasteiger partial charge in [-0.15, -0.1) is 0 Å². The highest BCUT2D eigenvalue weighted by atomic mass is 16.4. The molecule has 3 unspecified atom stereocenters. The van der Waals surface area contributed by atoms with Gasteiger partial charge in [0.15, 0.2) is 0 Å². The average molecular weight is 271 g/mol. The maximum Gasteiger partial charge on any atom is 0.326 e. The van der Waals surface area contributed by atoms with Crippen LogP contribution in [0.2, 0.25) is 0 Å². The maximum atomic E-state index is 11.5. The lowest BCUT2D eigenvalue weighted by atomic mass is 9.85. The summed E-state index contributed by atoms with van der Waals surface area (Å²) in [6.45, 7) is 0. The van der Waals surface area contributed by atoms with Gasteiger partial charge in [0.2, 0.25) is 0 Å². The lowest BCUT2D eigenvalue weighted by Crippen LogP contribution is -2.43. The van der Waals surface area contributed by atoms with Crippen LogP contribution in [0, 0.1) is 17.2 Å². The third kappa shape index (κ3) is 2.11. The zero-order valence-electron chi connectivity index (χ0n) is 11.2. The van der Waals surface area contributed by atoms with E-state index in [0.717, 1.165) is 19.3 Å². The van der Waals surface area contributed by atoms with E-state index < -0.39 is 12.0 Å². The Bertz CT molecular complexity index is 566. The standard InChI is InChI=1S/C15H17N3O2/c16-9-11-5-3-7-14(17-11)18-12-6-2-1-4-10(12)8-13(18)15(19)20/h3,5,7,10,12-13H,1-2,4,6,8H2,(H,19,20). The second-order valence-corrected chi connectivity index (χ2v) is 5.60. The van der Waals surface area contributed by atoms with E-state index in [0.29, 0.717) is 23.9 Å². The zero-order valence-corrected chi connectivity index (χ0v) is 11.2. The minimum absolute atomic E-state index is 0.256. The molecule has 1 aromatic heterocycles. The van der Waals surface area contributed by atoms with Crippen LogP contribution in [0.5, 0.6) is 0 Å². The minimum atomic E-state index is -0.788. The molecule has 1 aliphatic heterocycles. The number of nitriles is 1. The summed E-state index contributed by atoms with van der Waals surface area (Å²) in [7, 11) is 0. The van der Waals surface area contributed by atoms with E-state index in [4.69, 9.17) is 5.26 Å². The number of carbonyl (C=O) groups is 1. The molecular weight excluding hydrogens is 254 g/mol. The summed E-state index contributed by atoms with van der Waals surface area (Å²) in [6, 6.07) is 7.00. The van der Waals surface area contributed by atoms with Crippen molar-refractivity contribution in [2.24, 2.45) is 5.92 Å². The first-order valence-corrected chi connectivity index (χ1v) is 7.09. The van der Waals surface area contributed by atoms with Gasteiger partial charge in [-0.1, -0.05) is 18.9 Å². The summed E-state index contributed by atoms with van der Waals surface area (Å²) in [4.78, 5) is 17.8. The number of hydrogen-bond donors (Lipinski definition) is 1. The fourth-order valence-electron chi connectivity index (χ4n) is 3.64. The smallest absolute Gasteiger partial charge is 0.326 e. The molecular formula is C15H17N3O2. The molecule has 20 heavy (non-hydrogen) atoms. The molecule has 1 aromatic rings. The highest BCUT2D eigenvalue weighted by molar-refractivity contribution is 5.79. The van der Waals surface area contributed by atoms with Crippen molar-refractivity contribution in [3.63, 3.8) is 0 Å². The van der Waals surface area contributed by atoms with Crippen molar-refractivity contribution in [2.75, 3.05) is 4.90 Å². The molecule has 3 atom stereocenters. The van der Waals surface area contributed by atoms with Crippen molar-refractivity contribution in [2.45, 2.75) is 44.2 Å². The summed E-state index contributed by atoms with van der Waals surface area (Å²) in [5.74, 6) is 0.284. The number of nitrogens with zero attached hydrogens (tertiary/aromatic N) is 3. The molecule has 1 saturated carbocycles. The molecule has 1 saturated heterocycles. The van der Waals surface area contributed by atoms with Gasteiger partial charge in [0.25, 0.3) is 0 Å². The third-order valence-corrected chi connectivity index (χ3v) is 4.49. The van der Waals surface area contributed by atoms with Crippen LogP contribution < -0.4 is 4.90 Å². The predicted molar refractivity (Wildman–Crippen MR) is 73.2 cm³/mol. The topological polar surface area (TPSA) is 77.2 Å². The highest BCUT2D eigenvalue weighted by Gasteiger charge is 2.45. The molecule has 0 aromatic carbocycles. The number of hydrogen-bond acceptors (Lipinski definition) is 4. The zero-order chi connectivity index (χ0) is 14.1. The van der Waals surface area contributed by atoms with Crippen LogP contribution in [0.15, 0.2) is 18.2 Å². The Hall–Kier alpha value is -2.09. The van der Waals surface area contributed by atoms with E-state index in [-0.39, 0.29) is 6.04 Å². The van der Waals surface area contributed by atoms with Crippen LogP contribution in [0.1, 0.15) is 37.8 Å². The summed E-state index contributed by atoms with van der Waals surface area (Å²) in [5, 5.41) is 18.4. The van der Waals surface area contributed by atoms with Crippen LogP contribution in [0.25, 0.3) is 0 Å². The minimum Gasteiger partial charge on any atom is -0.480 e. The summed E-state index contributed by atoms with van der Waals surface area (Å²) >= 11 is 0. The molecule has 1 aliphatic carbocycles. The van der Waals surface area contributed by atoms with E-state index in [1.807, 2.05) is 17.0 Å². The number of aliphatic carboxylic acids is 1. The molecule has 0 amide bonds. The van der Waals surface area contributed by atoms with Gasteiger partial charge < -0.3 is 10.0 Å². The number of carboxylic acids is 1. The normalized spacial score (nSPS) is 28.8. The predicted octanol–water partition coefficient (Wildman–Crippen LogP) is 2.18. The Labute approximate surface area is 117 Å². The molecule has 2 heterocycles. The van der Waals surface area contributed by atoms with E-state index in [9.17, 15) is 9.90 Å². The maximum absolute atomic E-state index is 11.5. The largest absolute Gasteiger partial charge is 0.480 e. The molecule has 2 fully saturated rings. The van der Waals surface area contributed by atoms with Crippen LogP contribution >= 0.6 is 0 Å². The fraction of sp³-hybridized carbons (Fsp3) is 0.533. The van der Waals surface area contributed by atoms with Crippen molar-refractivity contribution < 1.29 is 9.90 Å². The number of fused-ring (bicyclic) bond motifs is 1. The lowest BCUT2D eigenvalue weighted by Gasteiger charge is -2.33. The van der Waals surface area contributed by atoms with Gasteiger partial charge in [0.1, 0.15) is 23.6 Å². The van der Waals surface area contributed by atoms with Crippen molar-refractivity contribution in [1.82, 2.24) is 4.98 Å². The van der Waals surface area contributed by atoms with Crippen LogP contribution in [0.3, 0.4) is 0 Å². The van der Waals surface area contributed by atoms with Crippen molar-refractivity contribution in [1.29, 1.82) is 5.26 Å². The first kappa shape index (κ1) is 12.9. The number of anilines is 1. The Morgan fingerprint density at radius 3 is 2.95 bits per heavy atom. The average Bonchev–Trinajstić information content (AvgIpc) is 2.87. The van der Waals surface area contributed by atoms with Crippen LogP contribution in [-0.2, 0) is 4.79 Å². The van der Waals surface area contributed by atoms with Gasteiger partial charge in [0, 0.05) is 6.04 Å². The molecule has 2 aliphatic rings. The lowest BCUT2D eigenvalue weighted by molar-refractivity contribution is -0.138. The molecule has 5 heteroatoms. The first-order valence-electron chi connectivity index (χ1n) is 7.09. The first-order chi connectivity index (χ1) is 9.70. The van der Waals surface area contributed by atoms with E-state index in [2.05, 4.69) is 4.98 Å². The quantitative estimate of drug-likeness (QED) is 0.892. The second kappa shape index (κ2) is 5.12. The monoisotopic (exact) mass is 271 g/mol. The number of rotatable bonds is 2. The number of pyridine rings is 1. The van der Waals surface area contributed by atoms with Gasteiger partial charge in [-0.25, -0.2) is 9.78 Å². The van der Waals surface area contributed by atoms with Gasteiger partial charge in [-0.2, -0.15) is 5.26 Å². The van der Waals surface area contributed by atoms with E-state index in [1.165, 1.54) is 6.42 Å². The second-order valence-electron chi connectivity index (χ2n) is 5.60. The fourth-order valence-corrected chi connectivity index (χ4v) is 3.64. The molecule has 0 bridgehead atoms. The van der Waals surface area contributed by atoms with Crippen LogP contribution in [0.4, 0.5) is 5.82 Å². The summed E-state index contributed by atoms with van der Waals surface area (Å²) in [5.41, 5.74) is 0.339. The number of aromatic nitrogens is 1. The molecule has 5 nitrogen and oxygen atoms in total. The van der Waals surface area contributed by atoms with Gasteiger partial charge in [0.05, 0.1) is 0 Å². The highest BCUT2D eigenvalue weighted by Crippen LogP contribution is 2.41. The van der Waals surface area contributed by atoms with E-state index in [1.54, 1.807) is 12.1 Å². The van der Waals surface area contributed by atoms with E-state index >= 15 is 0 Å². The van der Waals surface area contributed by atoms with Gasteiger partial charge >= 0.3 is 5.97 Å². The molecule has 0 spiro atoms. The molecule has 1 N–H and O–H groups in total. The number of carboxylic acid groups (broad SMARTS) is 1. The SMILES string of the molecule is N#Cc1cccc(N2C(C(=O)O)CC3CCCCC32)n1. The van der Waals surface area contributed by atoms with Crippen molar-refractivity contribution >= 4 is 11.8 Å². The van der Waals surface area contributed by atoms with Gasteiger partial charge in [-0.05, 0) is 37.3 Å². The Kier molecular flexibility index (Phi) is 3.31. The van der Waals surface area contributed by atoms with Gasteiger partial charge in [-0.3, -0.25) is 0 Å². The molecule has 104 valence electrons. The van der Waals surface area contributed by atoms with Crippen molar-refractivity contribution in [3.05, 3.63) is 23.9 Å². The third-order valence-electron chi connectivity index (χ3n) is 4.49. The van der Waals surface area contributed by atoms with Crippen molar-refractivity contribution in [3.8, 4) is 6.07 Å². The summed E-state index contributed by atoms with van der Waals surface area (Å²) in [6.07, 6.45) is 5.14. The molecule has 0 radical (unpaired) electrons. The van der Waals surface area contributed by atoms with Crippen LogP contribution in [-0.4, -0.2) is 28.1 Å².